The molecule has 1 N–H and O–H groups in total. The fraction of sp³-hybridized carbons (Fsp3) is 0.571. The largest absolute Gasteiger partial charge is 0.384 e. The van der Waals surface area contributed by atoms with E-state index in [0.29, 0.717) is 6.10 Å². The summed E-state index contributed by atoms with van der Waals surface area (Å²) in [6.07, 6.45) is 0.308. The number of nitrogens with one attached hydrogen (secondary N) is 1. The predicted molar refractivity (Wildman–Crippen MR) is 78.5 cm³/mol. The van der Waals surface area contributed by atoms with Crippen molar-refractivity contribution in [1.29, 1.82) is 0 Å². The molecule has 0 amide bonds. The lowest BCUT2D eigenvalue weighted by Gasteiger charge is -2.18. The summed E-state index contributed by atoms with van der Waals surface area (Å²) in [4.78, 5) is 2.25. The van der Waals surface area contributed by atoms with Crippen LogP contribution in [0.5, 0.6) is 0 Å². The van der Waals surface area contributed by atoms with Crippen LogP contribution >= 0.6 is 11.6 Å². The lowest BCUT2D eigenvalue weighted by Crippen LogP contribution is -2.29. The number of ether oxygens (including phenoxy) is 1. The Labute approximate surface area is 115 Å². The molecule has 0 bridgehead atoms. The van der Waals surface area contributed by atoms with Crippen LogP contribution in [0, 0.1) is 0 Å². The fourth-order valence-electron chi connectivity index (χ4n) is 1.55. The molecular formula is C14H23ClN2O. The quantitative estimate of drug-likeness (QED) is 0.786. The predicted octanol–water partition coefficient (Wildman–Crippen LogP) is 3.11. The van der Waals surface area contributed by atoms with E-state index in [0.717, 1.165) is 37.0 Å². The van der Waals surface area contributed by atoms with Gasteiger partial charge in [0.05, 0.1) is 12.7 Å². The zero-order valence-electron chi connectivity index (χ0n) is 11.4. The molecule has 1 aromatic rings. The van der Waals surface area contributed by atoms with E-state index < -0.39 is 0 Å². The Hall–Kier alpha value is -0.770. The Morgan fingerprint density at radius 1 is 1.33 bits per heavy atom. The van der Waals surface area contributed by atoms with Gasteiger partial charge >= 0.3 is 0 Å². The van der Waals surface area contributed by atoms with E-state index in [2.05, 4.69) is 31.1 Å². The first kappa shape index (κ1) is 15.3. The van der Waals surface area contributed by atoms with Crippen molar-refractivity contribution in [3.8, 4) is 0 Å². The highest BCUT2D eigenvalue weighted by atomic mass is 35.5. The summed E-state index contributed by atoms with van der Waals surface area (Å²) in [5.74, 6) is 0. The molecule has 4 heteroatoms. The van der Waals surface area contributed by atoms with Crippen LogP contribution in [0.2, 0.25) is 5.02 Å². The van der Waals surface area contributed by atoms with Gasteiger partial charge in [-0.2, -0.15) is 0 Å². The number of halogens is 1. The highest BCUT2D eigenvalue weighted by Gasteiger charge is 2.00. The summed E-state index contributed by atoms with van der Waals surface area (Å²) in [5, 5.41) is 4.11. The molecule has 0 aliphatic rings. The topological polar surface area (TPSA) is 24.5 Å². The van der Waals surface area contributed by atoms with Crippen LogP contribution in [0.4, 0.5) is 5.69 Å². The molecular weight excluding hydrogens is 248 g/mol. The van der Waals surface area contributed by atoms with Gasteiger partial charge in [0.1, 0.15) is 0 Å². The Morgan fingerprint density at radius 2 is 2.11 bits per heavy atom. The third-order valence-electron chi connectivity index (χ3n) is 2.57. The van der Waals surface area contributed by atoms with Crippen molar-refractivity contribution in [2.24, 2.45) is 0 Å². The van der Waals surface area contributed by atoms with Crippen molar-refractivity contribution in [3.63, 3.8) is 0 Å². The SMILES string of the molecule is CC(C)OCCN(C)CCNc1cccc(Cl)c1. The second-order valence-electron chi connectivity index (χ2n) is 4.66. The summed E-state index contributed by atoms with van der Waals surface area (Å²) >= 11 is 5.92. The van der Waals surface area contributed by atoms with Gasteiger partial charge in [0.15, 0.2) is 0 Å². The van der Waals surface area contributed by atoms with Gasteiger partial charge in [-0.25, -0.2) is 0 Å². The number of anilines is 1. The van der Waals surface area contributed by atoms with Crippen molar-refractivity contribution < 1.29 is 4.74 Å². The first-order chi connectivity index (χ1) is 8.58. The maximum atomic E-state index is 5.92. The molecule has 0 aromatic heterocycles. The Morgan fingerprint density at radius 3 is 2.78 bits per heavy atom. The number of benzene rings is 1. The van der Waals surface area contributed by atoms with E-state index >= 15 is 0 Å². The first-order valence-electron chi connectivity index (χ1n) is 6.37. The second-order valence-corrected chi connectivity index (χ2v) is 5.10. The molecule has 0 spiro atoms. The van der Waals surface area contributed by atoms with Crippen molar-refractivity contribution in [2.75, 3.05) is 38.6 Å². The molecule has 0 heterocycles. The molecule has 0 radical (unpaired) electrons. The van der Waals surface area contributed by atoms with Crippen LogP contribution in [0.3, 0.4) is 0 Å². The van der Waals surface area contributed by atoms with Crippen molar-refractivity contribution in [1.82, 2.24) is 4.90 Å². The van der Waals surface area contributed by atoms with Crippen LogP contribution in [-0.2, 0) is 4.74 Å². The van der Waals surface area contributed by atoms with Crippen LogP contribution < -0.4 is 5.32 Å². The maximum Gasteiger partial charge on any atom is 0.0596 e. The van der Waals surface area contributed by atoms with Crippen molar-refractivity contribution in [3.05, 3.63) is 29.3 Å². The van der Waals surface area contributed by atoms with Gasteiger partial charge in [0.2, 0.25) is 0 Å². The van der Waals surface area contributed by atoms with Gasteiger partial charge in [-0.3, -0.25) is 0 Å². The standard InChI is InChI=1S/C14H23ClN2O/c1-12(2)18-10-9-17(3)8-7-16-14-6-4-5-13(15)11-14/h4-6,11-12,16H,7-10H2,1-3H3. The summed E-state index contributed by atoms with van der Waals surface area (Å²) in [7, 11) is 2.10. The zero-order chi connectivity index (χ0) is 13.4. The number of rotatable bonds is 8. The molecule has 0 aliphatic heterocycles. The molecule has 0 unspecified atom stereocenters. The van der Waals surface area contributed by atoms with Crippen molar-refractivity contribution >= 4 is 17.3 Å². The minimum absolute atomic E-state index is 0.308. The van der Waals surface area contributed by atoms with Gasteiger partial charge < -0.3 is 15.0 Å². The summed E-state index contributed by atoms with van der Waals surface area (Å²) in [6.45, 7) is 7.73. The lowest BCUT2D eigenvalue weighted by molar-refractivity contribution is 0.0645. The second kappa shape index (κ2) is 8.35. The third-order valence-corrected chi connectivity index (χ3v) is 2.81. The van der Waals surface area contributed by atoms with Crippen LogP contribution in [-0.4, -0.2) is 44.3 Å². The highest BCUT2D eigenvalue weighted by molar-refractivity contribution is 6.30. The van der Waals surface area contributed by atoms with E-state index in [1.165, 1.54) is 0 Å². The van der Waals surface area contributed by atoms with Gasteiger partial charge in [0, 0.05) is 30.3 Å². The lowest BCUT2D eigenvalue weighted by atomic mass is 10.3. The minimum atomic E-state index is 0.308. The van der Waals surface area contributed by atoms with Gasteiger partial charge in [-0.15, -0.1) is 0 Å². The Bertz CT molecular complexity index is 344. The molecule has 0 saturated heterocycles. The minimum Gasteiger partial charge on any atom is -0.384 e. The monoisotopic (exact) mass is 270 g/mol. The molecule has 0 fully saturated rings. The number of hydrogen-bond acceptors (Lipinski definition) is 3. The van der Waals surface area contributed by atoms with Crippen molar-refractivity contribution in [2.45, 2.75) is 20.0 Å². The van der Waals surface area contributed by atoms with Gasteiger partial charge in [0.25, 0.3) is 0 Å². The molecule has 1 aromatic carbocycles. The fourth-order valence-corrected chi connectivity index (χ4v) is 1.74. The summed E-state index contributed by atoms with van der Waals surface area (Å²) in [5.41, 5.74) is 1.06. The molecule has 3 nitrogen and oxygen atoms in total. The van der Waals surface area contributed by atoms with E-state index in [-0.39, 0.29) is 0 Å². The zero-order valence-corrected chi connectivity index (χ0v) is 12.2. The number of nitrogens with zero attached hydrogens (tertiary/aromatic N) is 1. The molecule has 1 rings (SSSR count). The first-order valence-corrected chi connectivity index (χ1v) is 6.75. The van der Waals surface area contributed by atoms with E-state index in [1.54, 1.807) is 0 Å². The van der Waals surface area contributed by atoms with Gasteiger partial charge in [-0.05, 0) is 39.1 Å². The normalized spacial score (nSPS) is 11.2. The summed E-state index contributed by atoms with van der Waals surface area (Å²) < 4.78 is 5.51. The van der Waals surface area contributed by atoms with Gasteiger partial charge in [-0.1, -0.05) is 17.7 Å². The third kappa shape index (κ3) is 6.84. The van der Waals surface area contributed by atoms with E-state index in [1.807, 2.05) is 24.3 Å². The Balaban J connectivity index is 2.13. The average molecular weight is 271 g/mol. The Kier molecular flexibility index (Phi) is 7.09. The molecule has 18 heavy (non-hydrogen) atoms. The molecule has 102 valence electrons. The molecule has 0 saturated carbocycles. The average Bonchev–Trinajstić information content (AvgIpc) is 2.28. The molecule has 0 atom stereocenters. The van der Waals surface area contributed by atoms with E-state index in [9.17, 15) is 0 Å². The number of hydrogen-bond donors (Lipinski definition) is 1. The molecule has 0 aliphatic carbocycles. The highest BCUT2D eigenvalue weighted by Crippen LogP contribution is 2.14. The number of likely N-dealkylation sites (N-methyl/N-ethyl adjacent to an activating group) is 1. The van der Waals surface area contributed by atoms with E-state index in [4.69, 9.17) is 16.3 Å². The van der Waals surface area contributed by atoms with Crippen LogP contribution in [0.15, 0.2) is 24.3 Å². The summed E-state index contributed by atoms with van der Waals surface area (Å²) in [6, 6.07) is 7.78. The maximum absolute atomic E-state index is 5.92. The smallest absolute Gasteiger partial charge is 0.0596 e. The van der Waals surface area contributed by atoms with Crippen LogP contribution in [0.25, 0.3) is 0 Å². The van der Waals surface area contributed by atoms with Crippen LogP contribution in [0.1, 0.15) is 13.8 Å².